The number of hydrogen-bond acceptors (Lipinski definition) is 3. The second-order valence-electron chi connectivity index (χ2n) is 5.46. The number of carboxylic acid groups (broad SMARTS) is 1. The molecule has 5 heteroatoms. The molecule has 0 saturated heterocycles. The van der Waals surface area contributed by atoms with Gasteiger partial charge in [-0.15, -0.1) is 0 Å². The highest BCUT2D eigenvalue weighted by molar-refractivity contribution is 6.30. The van der Waals surface area contributed by atoms with Crippen LogP contribution < -0.4 is 5.73 Å². The van der Waals surface area contributed by atoms with Crippen LogP contribution in [0.4, 0.5) is 0 Å². The highest BCUT2D eigenvalue weighted by atomic mass is 35.5. The van der Waals surface area contributed by atoms with Crippen molar-refractivity contribution in [3.05, 3.63) is 34.9 Å². The molecule has 4 nitrogen and oxygen atoms in total. The first-order valence-corrected chi connectivity index (χ1v) is 6.47. The highest BCUT2D eigenvalue weighted by Crippen LogP contribution is 2.28. The lowest BCUT2D eigenvalue weighted by atomic mass is 9.99. The highest BCUT2D eigenvalue weighted by Gasteiger charge is 2.27. The van der Waals surface area contributed by atoms with Crippen molar-refractivity contribution in [3.63, 3.8) is 0 Å². The molecule has 0 aliphatic carbocycles. The Hall–Kier alpha value is -1.10. The van der Waals surface area contributed by atoms with Gasteiger partial charge in [0.25, 0.3) is 0 Å². The summed E-state index contributed by atoms with van der Waals surface area (Å²) in [5.41, 5.74) is 6.37. The van der Waals surface area contributed by atoms with Crippen LogP contribution in [-0.4, -0.2) is 22.7 Å². The molecular formula is C14H20ClNO3. The van der Waals surface area contributed by atoms with E-state index in [9.17, 15) is 4.79 Å². The van der Waals surface area contributed by atoms with Crippen molar-refractivity contribution < 1.29 is 14.6 Å². The summed E-state index contributed by atoms with van der Waals surface area (Å²) >= 11 is 5.85. The Morgan fingerprint density at radius 3 is 2.32 bits per heavy atom. The van der Waals surface area contributed by atoms with E-state index >= 15 is 0 Å². The summed E-state index contributed by atoms with van der Waals surface area (Å²) in [4.78, 5) is 10.8. The largest absolute Gasteiger partial charge is 0.481 e. The van der Waals surface area contributed by atoms with Crippen LogP contribution >= 0.6 is 11.6 Å². The number of rotatable bonds is 5. The molecule has 3 N–H and O–H groups in total. The zero-order chi connectivity index (χ0) is 14.6. The van der Waals surface area contributed by atoms with Gasteiger partial charge in [-0.1, -0.05) is 23.7 Å². The van der Waals surface area contributed by atoms with Crippen LogP contribution in [-0.2, 0) is 9.53 Å². The second kappa shape index (κ2) is 6.37. The van der Waals surface area contributed by atoms with Gasteiger partial charge in [-0.2, -0.15) is 0 Å². The van der Waals surface area contributed by atoms with E-state index in [4.69, 9.17) is 27.2 Å². The quantitative estimate of drug-likeness (QED) is 0.872. The molecule has 0 radical (unpaired) electrons. The molecule has 0 spiro atoms. The van der Waals surface area contributed by atoms with Gasteiger partial charge in [0.15, 0.2) is 0 Å². The predicted octanol–water partition coefficient (Wildman–Crippen LogP) is 3.00. The van der Waals surface area contributed by atoms with E-state index in [1.54, 1.807) is 24.3 Å². The number of hydrogen-bond donors (Lipinski definition) is 2. The molecule has 0 saturated carbocycles. The van der Waals surface area contributed by atoms with E-state index < -0.39 is 23.7 Å². The third-order valence-electron chi connectivity index (χ3n) is 2.48. The van der Waals surface area contributed by atoms with Crippen LogP contribution in [0.25, 0.3) is 0 Å². The normalized spacial score (nSPS) is 15.0. The van der Waals surface area contributed by atoms with Gasteiger partial charge in [0.1, 0.15) is 0 Å². The molecule has 1 rings (SSSR count). The number of halogens is 1. The van der Waals surface area contributed by atoms with E-state index in [0.717, 1.165) is 5.56 Å². The van der Waals surface area contributed by atoms with E-state index in [-0.39, 0.29) is 6.42 Å². The Bertz CT molecular complexity index is 425. The second-order valence-corrected chi connectivity index (χ2v) is 5.90. The van der Waals surface area contributed by atoms with Crippen LogP contribution in [0, 0.1) is 0 Å². The van der Waals surface area contributed by atoms with Crippen molar-refractivity contribution in [1.82, 2.24) is 0 Å². The number of aliphatic carboxylic acids is 1. The summed E-state index contributed by atoms with van der Waals surface area (Å²) < 4.78 is 5.89. The standard InChI is InChI=1S/C14H20ClNO3/c1-14(2,3)19-13(11(16)8-12(17)18)9-4-6-10(15)7-5-9/h4-7,11,13H,8,16H2,1-3H3,(H,17,18). The van der Waals surface area contributed by atoms with Crippen molar-refractivity contribution >= 4 is 17.6 Å². The molecule has 0 heterocycles. The van der Waals surface area contributed by atoms with Crippen molar-refractivity contribution in [3.8, 4) is 0 Å². The molecule has 2 atom stereocenters. The molecule has 0 fully saturated rings. The average molecular weight is 286 g/mol. The number of ether oxygens (including phenoxy) is 1. The van der Waals surface area contributed by atoms with Crippen molar-refractivity contribution in [1.29, 1.82) is 0 Å². The lowest BCUT2D eigenvalue weighted by Crippen LogP contribution is -2.36. The first-order chi connectivity index (χ1) is 8.69. The van der Waals surface area contributed by atoms with E-state index in [2.05, 4.69) is 0 Å². The van der Waals surface area contributed by atoms with E-state index in [0.29, 0.717) is 5.02 Å². The van der Waals surface area contributed by atoms with Gasteiger partial charge in [0.05, 0.1) is 18.1 Å². The van der Waals surface area contributed by atoms with Gasteiger partial charge >= 0.3 is 5.97 Å². The van der Waals surface area contributed by atoms with Crippen molar-refractivity contribution in [2.45, 2.75) is 44.9 Å². The third-order valence-corrected chi connectivity index (χ3v) is 2.73. The SMILES string of the molecule is CC(C)(C)OC(c1ccc(Cl)cc1)C(N)CC(=O)O. The fourth-order valence-corrected chi connectivity index (χ4v) is 1.87. The predicted molar refractivity (Wildman–Crippen MR) is 75.3 cm³/mol. The van der Waals surface area contributed by atoms with Gasteiger partial charge in [-0.3, -0.25) is 4.79 Å². The Labute approximate surface area is 118 Å². The van der Waals surface area contributed by atoms with Gasteiger partial charge in [-0.05, 0) is 38.5 Å². The van der Waals surface area contributed by atoms with Crippen LogP contribution in [0.1, 0.15) is 38.9 Å². The maximum atomic E-state index is 10.8. The van der Waals surface area contributed by atoms with Gasteiger partial charge in [0, 0.05) is 11.1 Å². The number of carboxylic acids is 1. The average Bonchev–Trinajstić information content (AvgIpc) is 2.25. The monoisotopic (exact) mass is 285 g/mol. The minimum absolute atomic E-state index is 0.149. The van der Waals surface area contributed by atoms with Crippen molar-refractivity contribution in [2.24, 2.45) is 5.73 Å². The summed E-state index contributed by atoms with van der Waals surface area (Å²) in [5, 5.41) is 9.48. The zero-order valence-electron chi connectivity index (χ0n) is 11.4. The summed E-state index contributed by atoms with van der Waals surface area (Å²) in [6.07, 6.45) is -0.628. The van der Waals surface area contributed by atoms with E-state index in [1.807, 2.05) is 20.8 Å². The van der Waals surface area contributed by atoms with Crippen LogP contribution in [0.15, 0.2) is 24.3 Å². The molecule has 0 amide bonds. The molecule has 1 aromatic rings. The fourth-order valence-electron chi connectivity index (χ4n) is 1.74. The molecule has 0 aliphatic heterocycles. The fraction of sp³-hybridized carbons (Fsp3) is 0.500. The minimum Gasteiger partial charge on any atom is -0.481 e. The molecule has 0 bridgehead atoms. The lowest BCUT2D eigenvalue weighted by Gasteiger charge is -2.31. The van der Waals surface area contributed by atoms with Crippen molar-refractivity contribution in [2.75, 3.05) is 0 Å². The van der Waals surface area contributed by atoms with Gasteiger partial charge in [-0.25, -0.2) is 0 Å². The smallest absolute Gasteiger partial charge is 0.305 e. The minimum atomic E-state index is -0.941. The Morgan fingerprint density at radius 1 is 1.37 bits per heavy atom. The summed E-state index contributed by atoms with van der Waals surface area (Å²) in [6.45, 7) is 5.72. The zero-order valence-corrected chi connectivity index (χ0v) is 12.1. The number of carbonyl (C=O) groups is 1. The van der Waals surface area contributed by atoms with Crippen LogP contribution in [0.2, 0.25) is 5.02 Å². The topological polar surface area (TPSA) is 72.5 Å². The molecule has 1 aromatic carbocycles. The Balaban J connectivity index is 2.97. The summed E-state index contributed by atoms with van der Waals surface area (Å²) in [5.74, 6) is -0.941. The van der Waals surface area contributed by atoms with E-state index in [1.165, 1.54) is 0 Å². The molecule has 106 valence electrons. The summed E-state index contributed by atoms with van der Waals surface area (Å²) in [6, 6.07) is 6.48. The lowest BCUT2D eigenvalue weighted by molar-refractivity contribution is -0.139. The maximum absolute atomic E-state index is 10.8. The molecule has 2 unspecified atom stereocenters. The molecule has 0 aliphatic rings. The summed E-state index contributed by atoms with van der Waals surface area (Å²) in [7, 11) is 0. The van der Waals surface area contributed by atoms with Gasteiger partial charge < -0.3 is 15.6 Å². The van der Waals surface area contributed by atoms with Gasteiger partial charge in [0.2, 0.25) is 0 Å². The Kier molecular flexibility index (Phi) is 5.35. The third kappa shape index (κ3) is 5.59. The number of nitrogens with two attached hydrogens (primary N) is 1. The Morgan fingerprint density at radius 2 is 1.89 bits per heavy atom. The molecule has 19 heavy (non-hydrogen) atoms. The maximum Gasteiger partial charge on any atom is 0.305 e. The number of benzene rings is 1. The first kappa shape index (κ1) is 16.0. The molecular weight excluding hydrogens is 266 g/mol. The van der Waals surface area contributed by atoms with Crippen LogP contribution in [0.5, 0.6) is 0 Å². The first-order valence-electron chi connectivity index (χ1n) is 6.10. The van der Waals surface area contributed by atoms with Crippen LogP contribution in [0.3, 0.4) is 0 Å². The molecule has 0 aromatic heterocycles.